The number of fused-ring (bicyclic) bond motifs is 1. The van der Waals surface area contributed by atoms with Crippen LogP contribution in [-0.2, 0) is 14.2 Å². The van der Waals surface area contributed by atoms with Gasteiger partial charge in [-0.3, -0.25) is 0 Å². The monoisotopic (exact) mass is 285 g/mol. The highest BCUT2D eigenvalue weighted by molar-refractivity contribution is 4.80. The Labute approximate surface area is 125 Å². The number of hydrogen-bond donors (Lipinski definition) is 0. The van der Waals surface area contributed by atoms with Crippen molar-refractivity contribution in [3.05, 3.63) is 0 Å². The Balaban J connectivity index is 1.44. The lowest BCUT2D eigenvalue weighted by Crippen LogP contribution is -2.40. The van der Waals surface area contributed by atoms with Crippen LogP contribution in [0.4, 0.5) is 0 Å². The maximum atomic E-state index is 7.88. The zero-order chi connectivity index (χ0) is 14.9. The van der Waals surface area contributed by atoms with Crippen LogP contribution in [0.25, 0.3) is 0 Å². The Morgan fingerprint density at radius 1 is 0.900 bits per heavy atom. The van der Waals surface area contributed by atoms with Gasteiger partial charge in [0.05, 0.1) is 12.7 Å². The quantitative estimate of drug-likeness (QED) is 0.555. The molecule has 2 rings (SSSR count). The molecule has 20 heavy (non-hydrogen) atoms. The van der Waals surface area contributed by atoms with Crippen molar-refractivity contribution in [3.63, 3.8) is 0 Å². The first kappa shape index (κ1) is 14.8. The Morgan fingerprint density at radius 2 is 1.60 bits per heavy atom. The highest BCUT2D eigenvalue weighted by atomic mass is 16.7. The minimum atomic E-state index is -0.232. The van der Waals surface area contributed by atoms with Gasteiger partial charge in [-0.25, -0.2) is 0 Å². The molecule has 4 unspecified atom stereocenters. The molecule has 3 nitrogen and oxygen atoms in total. The molecule has 0 aliphatic carbocycles. The van der Waals surface area contributed by atoms with Crippen molar-refractivity contribution in [2.75, 3.05) is 13.2 Å². The lowest BCUT2D eigenvalue weighted by molar-refractivity contribution is -0.240. The summed E-state index contributed by atoms with van der Waals surface area (Å²) in [5.41, 5.74) is 0. The van der Waals surface area contributed by atoms with Crippen LogP contribution >= 0.6 is 0 Å². The minimum Gasteiger partial charge on any atom is -0.373 e. The van der Waals surface area contributed by atoms with Gasteiger partial charge in [0.15, 0.2) is 6.29 Å². The maximum Gasteiger partial charge on any atom is 0.158 e. The SMILES string of the molecule is [2H]C1COC2COC(CCCCCCCCCCC)OC12. The summed E-state index contributed by atoms with van der Waals surface area (Å²) in [6.07, 6.45) is 12.6. The first-order valence-electron chi connectivity index (χ1n) is 9.20. The van der Waals surface area contributed by atoms with Gasteiger partial charge in [-0.1, -0.05) is 58.3 Å². The van der Waals surface area contributed by atoms with E-state index in [0.717, 1.165) is 6.42 Å². The molecule has 0 amide bonds. The van der Waals surface area contributed by atoms with Crippen LogP contribution < -0.4 is 0 Å². The van der Waals surface area contributed by atoms with Gasteiger partial charge in [0.1, 0.15) is 6.10 Å². The standard InChI is InChI=1S/C17H32O3/c1-2-3-4-5-6-7-8-9-10-11-17-19-14-16-15(20-17)12-13-18-16/h15-17H,2-14H2,1H3/i12D. The Kier molecular flexibility index (Phi) is 7.22. The first-order valence-corrected chi connectivity index (χ1v) is 8.62. The van der Waals surface area contributed by atoms with Crippen LogP contribution in [-0.4, -0.2) is 31.7 Å². The van der Waals surface area contributed by atoms with Crippen molar-refractivity contribution in [2.24, 2.45) is 0 Å². The molecule has 0 radical (unpaired) electrons. The van der Waals surface area contributed by atoms with E-state index in [1.165, 1.54) is 57.8 Å². The van der Waals surface area contributed by atoms with E-state index >= 15 is 0 Å². The fourth-order valence-corrected chi connectivity index (χ4v) is 3.00. The average Bonchev–Trinajstić information content (AvgIpc) is 2.87. The zero-order valence-corrected chi connectivity index (χ0v) is 13.0. The molecule has 2 saturated heterocycles. The smallest absolute Gasteiger partial charge is 0.158 e. The van der Waals surface area contributed by atoms with Gasteiger partial charge in [0, 0.05) is 7.98 Å². The summed E-state index contributed by atoms with van der Waals surface area (Å²) in [5.74, 6) is 0. The van der Waals surface area contributed by atoms with E-state index in [-0.39, 0.29) is 24.9 Å². The maximum absolute atomic E-state index is 7.88. The van der Waals surface area contributed by atoms with Gasteiger partial charge < -0.3 is 14.2 Å². The van der Waals surface area contributed by atoms with Gasteiger partial charge in [-0.05, 0) is 19.2 Å². The highest BCUT2D eigenvalue weighted by Crippen LogP contribution is 2.26. The van der Waals surface area contributed by atoms with E-state index in [2.05, 4.69) is 6.92 Å². The molecular formula is C17H32O3. The molecular weight excluding hydrogens is 252 g/mol. The molecule has 0 spiro atoms. The van der Waals surface area contributed by atoms with E-state index in [1.54, 1.807) is 0 Å². The molecule has 0 saturated carbocycles. The predicted molar refractivity (Wildman–Crippen MR) is 80.8 cm³/mol. The molecule has 3 heteroatoms. The summed E-state index contributed by atoms with van der Waals surface area (Å²) in [6, 6.07) is 0. The van der Waals surface area contributed by atoms with Crippen LogP contribution in [0.3, 0.4) is 0 Å². The second-order valence-electron chi connectivity index (χ2n) is 6.09. The largest absolute Gasteiger partial charge is 0.373 e. The van der Waals surface area contributed by atoms with Gasteiger partial charge in [0.25, 0.3) is 0 Å². The van der Waals surface area contributed by atoms with Crippen LogP contribution in [0.2, 0.25) is 0 Å². The molecule has 0 bridgehead atoms. The van der Waals surface area contributed by atoms with Crippen molar-refractivity contribution in [2.45, 2.75) is 96.0 Å². The molecule has 0 N–H and O–H groups in total. The first-order chi connectivity index (χ1) is 10.3. The minimum absolute atomic E-state index is 0.00753. The predicted octanol–water partition coefficient (Wildman–Crippen LogP) is 4.44. The van der Waals surface area contributed by atoms with Crippen LogP contribution in [0, 0.1) is 0 Å². The third kappa shape index (κ3) is 5.71. The third-order valence-electron chi connectivity index (χ3n) is 4.30. The molecule has 2 aliphatic heterocycles. The third-order valence-corrected chi connectivity index (χ3v) is 4.30. The van der Waals surface area contributed by atoms with Crippen molar-refractivity contribution in [3.8, 4) is 0 Å². The summed E-state index contributed by atoms with van der Waals surface area (Å²) in [6.45, 7) is 3.35. The van der Waals surface area contributed by atoms with Gasteiger partial charge in [0.2, 0.25) is 0 Å². The number of ether oxygens (including phenoxy) is 3. The molecule has 2 heterocycles. The number of hydrogen-bond acceptors (Lipinski definition) is 3. The van der Waals surface area contributed by atoms with E-state index < -0.39 is 0 Å². The Morgan fingerprint density at radius 3 is 2.35 bits per heavy atom. The van der Waals surface area contributed by atoms with Gasteiger partial charge in [-0.2, -0.15) is 0 Å². The summed E-state index contributed by atoms with van der Waals surface area (Å²) >= 11 is 0. The molecule has 2 fully saturated rings. The molecule has 0 aromatic heterocycles. The number of rotatable bonds is 10. The lowest BCUT2D eigenvalue weighted by atomic mass is 10.1. The second-order valence-corrected chi connectivity index (χ2v) is 6.09. The summed E-state index contributed by atoms with van der Waals surface area (Å²) in [4.78, 5) is 0. The fourth-order valence-electron chi connectivity index (χ4n) is 3.00. The average molecular weight is 285 g/mol. The van der Waals surface area contributed by atoms with E-state index in [1.807, 2.05) is 0 Å². The Hall–Kier alpha value is -0.120. The molecule has 118 valence electrons. The van der Waals surface area contributed by atoms with Crippen molar-refractivity contribution >= 4 is 0 Å². The lowest BCUT2D eigenvalue weighted by Gasteiger charge is -2.31. The van der Waals surface area contributed by atoms with Crippen molar-refractivity contribution in [1.29, 1.82) is 0 Å². The summed E-state index contributed by atoms with van der Waals surface area (Å²) in [5, 5.41) is 0. The highest BCUT2D eigenvalue weighted by Gasteiger charge is 2.36. The second kappa shape index (κ2) is 9.75. The van der Waals surface area contributed by atoms with Crippen LogP contribution in [0.5, 0.6) is 0 Å². The van der Waals surface area contributed by atoms with E-state index in [0.29, 0.717) is 13.2 Å². The molecule has 4 atom stereocenters. The molecule has 0 aromatic rings. The summed E-state index contributed by atoms with van der Waals surface area (Å²) in [7, 11) is 0. The van der Waals surface area contributed by atoms with Gasteiger partial charge >= 0.3 is 0 Å². The molecule has 2 aliphatic rings. The topological polar surface area (TPSA) is 27.7 Å². The van der Waals surface area contributed by atoms with E-state index in [4.69, 9.17) is 15.6 Å². The Bertz CT molecular complexity index is 275. The van der Waals surface area contributed by atoms with Crippen LogP contribution in [0.15, 0.2) is 0 Å². The fraction of sp³-hybridized carbons (Fsp3) is 1.00. The van der Waals surface area contributed by atoms with Gasteiger partial charge in [-0.15, -0.1) is 0 Å². The number of unbranched alkanes of at least 4 members (excludes halogenated alkanes) is 8. The summed E-state index contributed by atoms with van der Waals surface area (Å²) < 4.78 is 24.9. The zero-order valence-electron chi connectivity index (χ0n) is 14.0. The normalized spacial score (nSPS) is 34.0. The van der Waals surface area contributed by atoms with Crippen molar-refractivity contribution < 1.29 is 15.6 Å². The van der Waals surface area contributed by atoms with E-state index in [9.17, 15) is 0 Å². The van der Waals surface area contributed by atoms with Crippen LogP contribution in [0.1, 0.15) is 78.9 Å². The van der Waals surface area contributed by atoms with Crippen molar-refractivity contribution in [1.82, 2.24) is 0 Å². The molecule has 0 aromatic carbocycles.